The summed E-state index contributed by atoms with van der Waals surface area (Å²) in [6, 6.07) is 18.2. The Morgan fingerprint density at radius 3 is 2.51 bits per heavy atom. The lowest BCUT2D eigenvalue weighted by atomic mass is 10.2. The van der Waals surface area contributed by atoms with Gasteiger partial charge in [-0.25, -0.2) is 4.98 Å². The van der Waals surface area contributed by atoms with Crippen molar-refractivity contribution in [3.05, 3.63) is 72.6 Å². The number of benzene rings is 2. The molecule has 0 saturated heterocycles. The highest BCUT2D eigenvalue weighted by molar-refractivity contribution is 7.99. The Kier molecular flexibility index (Phi) is 8.33. The number of rotatable bonds is 11. The van der Waals surface area contributed by atoms with Crippen LogP contribution in [0.25, 0.3) is 22.6 Å². The minimum absolute atomic E-state index is 0.137. The standard InChI is InChI=1S/C26H28N6OS2/c1-4-16-32-24(20-12-14-21(15-13-20)31(5-2)6-3)29-30-26(32)35-18-23(33)28-25-27-22(17-34-25)19-10-8-7-9-11-19/h4,7-15,17H,1,5-6,16,18H2,2-3H3,(H,27,28,33). The van der Waals surface area contributed by atoms with Gasteiger partial charge >= 0.3 is 0 Å². The van der Waals surface area contributed by atoms with Gasteiger partial charge in [-0.1, -0.05) is 48.2 Å². The number of anilines is 2. The molecule has 1 N–H and O–H groups in total. The van der Waals surface area contributed by atoms with E-state index in [0.717, 1.165) is 35.7 Å². The van der Waals surface area contributed by atoms with Crippen LogP contribution in [0.2, 0.25) is 0 Å². The summed E-state index contributed by atoms with van der Waals surface area (Å²) >= 11 is 2.76. The molecule has 0 fully saturated rings. The second kappa shape index (κ2) is 11.8. The maximum atomic E-state index is 12.6. The predicted molar refractivity (Wildman–Crippen MR) is 146 cm³/mol. The van der Waals surface area contributed by atoms with E-state index >= 15 is 0 Å². The number of aromatic nitrogens is 4. The number of carbonyl (C=O) groups excluding carboxylic acids is 1. The zero-order valence-corrected chi connectivity index (χ0v) is 21.5. The lowest BCUT2D eigenvalue weighted by Crippen LogP contribution is -2.21. The van der Waals surface area contributed by atoms with Crippen LogP contribution in [0.1, 0.15) is 13.8 Å². The second-order valence-corrected chi connectivity index (χ2v) is 9.47. The van der Waals surface area contributed by atoms with E-state index in [1.54, 1.807) is 0 Å². The quantitative estimate of drug-likeness (QED) is 0.205. The molecule has 1 amide bonds. The largest absolute Gasteiger partial charge is 0.372 e. The first kappa shape index (κ1) is 24.7. The summed E-state index contributed by atoms with van der Waals surface area (Å²) in [6.07, 6.45) is 1.81. The third kappa shape index (κ3) is 5.98. The fourth-order valence-electron chi connectivity index (χ4n) is 3.67. The van der Waals surface area contributed by atoms with Crippen LogP contribution in [-0.4, -0.2) is 44.5 Å². The van der Waals surface area contributed by atoms with E-state index in [1.807, 2.05) is 46.4 Å². The van der Waals surface area contributed by atoms with Crippen LogP contribution < -0.4 is 10.2 Å². The highest BCUT2D eigenvalue weighted by atomic mass is 32.2. The molecule has 180 valence electrons. The van der Waals surface area contributed by atoms with E-state index in [4.69, 9.17) is 0 Å². The molecule has 0 radical (unpaired) electrons. The van der Waals surface area contributed by atoms with E-state index in [1.165, 1.54) is 28.8 Å². The Labute approximate surface area is 213 Å². The van der Waals surface area contributed by atoms with Gasteiger partial charge in [-0.3, -0.25) is 9.36 Å². The Morgan fingerprint density at radius 2 is 1.83 bits per heavy atom. The molecule has 4 rings (SSSR count). The van der Waals surface area contributed by atoms with Crippen molar-refractivity contribution in [2.75, 3.05) is 29.1 Å². The summed E-state index contributed by atoms with van der Waals surface area (Å²) in [5.41, 5.74) is 4.02. The predicted octanol–water partition coefficient (Wildman–Crippen LogP) is 5.83. The Balaban J connectivity index is 1.42. The minimum atomic E-state index is -0.137. The second-order valence-electron chi connectivity index (χ2n) is 7.67. The van der Waals surface area contributed by atoms with Crippen LogP contribution in [0.15, 0.2) is 77.8 Å². The SMILES string of the molecule is C=CCn1c(SCC(=O)Nc2nc(-c3ccccc3)cs2)nnc1-c1ccc(N(CC)CC)cc1. The first-order chi connectivity index (χ1) is 17.1. The molecular formula is C26H28N6OS2. The molecule has 2 heterocycles. The molecule has 0 aliphatic carbocycles. The molecular weight excluding hydrogens is 476 g/mol. The molecule has 9 heteroatoms. The normalized spacial score (nSPS) is 10.8. The van der Waals surface area contributed by atoms with Gasteiger partial charge < -0.3 is 10.2 Å². The molecule has 4 aromatic rings. The zero-order chi connectivity index (χ0) is 24.6. The van der Waals surface area contributed by atoms with Gasteiger partial charge in [0.05, 0.1) is 11.4 Å². The maximum absolute atomic E-state index is 12.6. The number of thiazole rings is 1. The third-order valence-electron chi connectivity index (χ3n) is 5.44. The van der Waals surface area contributed by atoms with E-state index in [9.17, 15) is 4.79 Å². The van der Waals surface area contributed by atoms with Crippen molar-refractivity contribution < 1.29 is 4.79 Å². The summed E-state index contributed by atoms with van der Waals surface area (Å²) in [5.74, 6) is 0.824. The molecule has 0 unspecified atom stereocenters. The molecule has 0 saturated carbocycles. The van der Waals surface area contributed by atoms with Crippen LogP contribution in [0.3, 0.4) is 0 Å². The first-order valence-corrected chi connectivity index (χ1v) is 13.3. The number of thioether (sulfide) groups is 1. The van der Waals surface area contributed by atoms with Gasteiger partial charge in [-0.2, -0.15) is 0 Å². The van der Waals surface area contributed by atoms with Crippen LogP contribution in [0.4, 0.5) is 10.8 Å². The third-order valence-corrected chi connectivity index (χ3v) is 7.16. The number of hydrogen-bond acceptors (Lipinski definition) is 7. The molecule has 7 nitrogen and oxygen atoms in total. The first-order valence-electron chi connectivity index (χ1n) is 11.5. The van der Waals surface area contributed by atoms with Gasteiger partial charge in [-0.15, -0.1) is 28.1 Å². The molecule has 2 aromatic carbocycles. The molecule has 35 heavy (non-hydrogen) atoms. The highest BCUT2D eigenvalue weighted by Crippen LogP contribution is 2.27. The van der Waals surface area contributed by atoms with Crippen molar-refractivity contribution in [2.24, 2.45) is 0 Å². The number of nitrogens with zero attached hydrogens (tertiary/aromatic N) is 5. The average Bonchev–Trinajstić information content (AvgIpc) is 3.52. The number of hydrogen-bond donors (Lipinski definition) is 1. The van der Waals surface area contributed by atoms with E-state index in [0.29, 0.717) is 16.8 Å². The molecule has 0 aliphatic rings. The van der Waals surface area contributed by atoms with Crippen LogP contribution in [0, 0.1) is 0 Å². The summed E-state index contributed by atoms with van der Waals surface area (Å²) in [7, 11) is 0. The van der Waals surface area contributed by atoms with Crippen molar-refractivity contribution in [3.8, 4) is 22.6 Å². The zero-order valence-electron chi connectivity index (χ0n) is 19.8. The van der Waals surface area contributed by atoms with E-state index in [2.05, 4.69) is 70.1 Å². The summed E-state index contributed by atoms with van der Waals surface area (Å²) in [6.45, 7) is 10.6. The number of nitrogens with one attached hydrogen (secondary N) is 1. The summed E-state index contributed by atoms with van der Waals surface area (Å²) in [5, 5.41) is 14.8. The molecule has 0 spiro atoms. The van der Waals surface area contributed by atoms with Gasteiger partial charge in [0.1, 0.15) is 0 Å². The lowest BCUT2D eigenvalue weighted by molar-refractivity contribution is -0.113. The van der Waals surface area contributed by atoms with Crippen molar-refractivity contribution in [3.63, 3.8) is 0 Å². The van der Waals surface area contributed by atoms with Crippen LogP contribution in [0.5, 0.6) is 0 Å². The topological polar surface area (TPSA) is 75.9 Å². The van der Waals surface area contributed by atoms with E-state index < -0.39 is 0 Å². The molecule has 2 aromatic heterocycles. The summed E-state index contributed by atoms with van der Waals surface area (Å²) < 4.78 is 1.98. The van der Waals surface area contributed by atoms with Gasteiger partial charge in [0.15, 0.2) is 16.1 Å². The smallest absolute Gasteiger partial charge is 0.236 e. The number of carbonyl (C=O) groups is 1. The lowest BCUT2D eigenvalue weighted by Gasteiger charge is -2.21. The van der Waals surface area contributed by atoms with E-state index in [-0.39, 0.29) is 11.7 Å². The fraction of sp³-hybridized carbons (Fsp3) is 0.231. The average molecular weight is 505 g/mol. The Morgan fingerprint density at radius 1 is 1.09 bits per heavy atom. The van der Waals surface area contributed by atoms with Gasteiger partial charge in [0, 0.05) is 41.8 Å². The number of amides is 1. The fourth-order valence-corrected chi connectivity index (χ4v) is 5.15. The van der Waals surface area contributed by atoms with Crippen molar-refractivity contribution >= 4 is 39.8 Å². The molecule has 0 aliphatic heterocycles. The number of allylic oxidation sites excluding steroid dienone is 1. The monoisotopic (exact) mass is 504 g/mol. The van der Waals surface area contributed by atoms with Crippen LogP contribution in [-0.2, 0) is 11.3 Å². The van der Waals surface area contributed by atoms with Crippen molar-refractivity contribution in [1.29, 1.82) is 0 Å². The van der Waals surface area contributed by atoms with Crippen molar-refractivity contribution in [2.45, 2.75) is 25.5 Å². The van der Waals surface area contributed by atoms with Crippen LogP contribution >= 0.6 is 23.1 Å². The molecule has 0 bridgehead atoms. The summed E-state index contributed by atoms with van der Waals surface area (Å²) in [4.78, 5) is 19.4. The van der Waals surface area contributed by atoms with Gasteiger partial charge in [0.2, 0.25) is 5.91 Å². The maximum Gasteiger partial charge on any atom is 0.236 e. The van der Waals surface area contributed by atoms with Crippen molar-refractivity contribution in [1.82, 2.24) is 19.7 Å². The Hall–Kier alpha value is -3.43. The minimum Gasteiger partial charge on any atom is -0.372 e. The molecule has 0 atom stereocenters. The highest BCUT2D eigenvalue weighted by Gasteiger charge is 2.16. The van der Waals surface area contributed by atoms with Gasteiger partial charge in [0.25, 0.3) is 0 Å². The van der Waals surface area contributed by atoms with Gasteiger partial charge in [-0.05, 0) is 38.1 Å². The Bertz CT molecular complexity index is 1260.